The highest BCUT2D eigenvalue weighted by Crippen LogP contribution is 2.61. The molecule has 4 fully saturated rings. The summed E-state index contributed by atoms with van der Waals surface area (Å²) in [4.78, 5) is 13.0. The van der Waals surface area contributed by atoms with Crippen LogP contribution in [0, 0.1) is 17.8 Å². The molecule has 5 rings (SSSR count). The molecule has 1 N–H and O–H groups in total. The molecule has 4 bridgehead atoms. The number of rotatable bonds is 6. The number of anilines is 1. The van der Waals surface area contributed by atoms with E-state index in [-0.39, 0.29) is 20.8 Å². The van der Waals surface area contributed by atoms with Crippen LogP contribution >= 0.6 is 11.8 Å². The Balaban J connectivity index is 1.43. The molecule has 1 amide bonds. The number of benzene rings is 1. The molecule has 5 nitrogen and oxygen atoms in total. The molecular weight excluding hydrogens is 392 g/mol. The monoisotopic (exact) mass is 422 g/mol. The molecule has 0 heterocycles. The van der Waals surface area contributed by atoms with Crippen LogP contribution in [0.25, 0.3) is 0 Å². The molecule has 1 atom stereocenters. The van der Waals surface area contributed by atoms with E-state index in [2.05, 4.69) is 5.32 Å². The zero-order valence-corrected chi connectivity index (χ0v) is 18.5. The van der Waals surface area contributed by atoms with Gasteiger partial charge >= 0.3 is 0 Å². The van der Waals surface area contributed by atoms with Gasteiger partial charge in [0.2, 0.25) is 15.9 Å². The molecule has 28 heavy (non-hydrogen) atoms. The summed E-state index contributed by atoms with van der Waals surface area (Å²) in [5, 5.41) is 2.79. The highest BCUT2D eigenvalue weighted by atomic mass is 32.2. The molecule has 0 spiro atoms. The second-order valence-electron chi connectivity index (χ2n) is 9.17. The smallest absolute Gasteiger partial charge is 0.242 e. The summed E-state index contributed by atoms with van der Waals surface area (Å²) in [6.45, 7) is 1.99. The van der Waals surface area contributed by atoms with Gasteiger partial charge in [-0.2, -0.15) is 0 Å². The van der Waals surface area contributed by atoms with Crippen LogP contribution in [-0.2, 0) is 14.8 Å². The number of carbonyl (C=O) groups is 1. The van der Waals surface area contributed by atoms with E-state index >= 15 is 0 Å². The van der Waals surface area contributed by atoms with Crippen LogP contribution < -0.4 is 5.32 Å². The Morgan fingerprint density at radius 2 is 1.71 bits per heavy atom. The predicted octanol–water partition coefficient (Wildman–Crippen LogP) is 3.97. The van der Waals surface area contributed by atoms with Crippen LogP contribution in [0.5, 0.6) is 0 Å². The van der Waals surface area contributed by atoms with Crippen molar-refractivity contribution in [1.29, 1.82) is 0 Å². The first-order valence-corrected chi connectivity index (χ1v) is 12.5. The average molecular weight is 423 g/mol. The Bertz CT molecular complexity index is 831. The third kappa shape index (κ3) is 3.85. The lowest BCUT2D eigenvalue weighted by Crippen LogP contribution is -2.49. The minimum Gasteiger partial charge on any atom is -0.325 e. The zero-order chi connectivity index (χ0) is 20.1. The van der Waals surface area contributed by atoms with Gasteiger partial charge in [-0.25, -0.2) is 12.7 Å². The van der Waals surface area contributed by atoms with Crippen LogP contribution in [0.4, 0.5) is 5.69 Å². The van der Waals surface area contributed by atoms with Gasteiger partial charge in [0.1, 0.15) is 0 Å². The van der Waals surface area contributed by atoms with E-state index < -0.39 is 10.0 Å². The van der Waals surface area contributed by atoms with E-state index in [4.69, 9.17) is 0 Å². The highest BCUT2D eigenvalue weighted by molar-refractivity contribution is 8.02. The van der Waals surface area contributed by atoms with Crippen molar-refractivity contribution in [3.05, 3.63) is 24.3 Å². The molecule has 154 valence electrons. The summed E-state index contributed by atoms with van der Waals surface area (Å²) in [6.07, 6.45) is 7.97. The van der Waals surface area contributed by atoms with Gasteiger partial charge in [0, 0.05) is 24.5 Å². The van der Waals surface area contributed by atoms with Gasteiger partial charge < -0.3 is 5.32 Å². The van der Waals surface area contributed by atoms with Crippen molar-refractivity contribution >= 4 is 33.4 Å². The summed E-state index contributed by atoms with van der Waals surface area (Å²) in [6, 6.07) is 6.51. The SMILES string of the molecule is C[C@H](SC12CC3CC(CC(C3)C1)C2)C(=O)Nc1cccc(S(=O)(=O)N(C)C)c1. The maximum atomic E-state index is 12.8. The van der Waals surface area contributed by atoms with Crippen molar-refractivity contribution in [2.75, 3.05) is 19.4 Å². The molecule has 1 aromatic rings. The zero-order valence-electron chi connectivity index (χ0n) is 16.8. The number of hydrogen-bond donors (Lipinski definition) is 1. The van der Waals surface area contributed by atoms with E-state index in [1.54, 1.807) is 18.2 Å². The van der Waals surface area contributed by atoms with Gasteiger partial charge in [-0.05, 0) is 81.4 Å². The number of thioether (sulfide) groups is 1. The fraction of sp³-hybridized carbons (Fsp3) is 0.667. The number of sulfonamides is 1. The van der Waals surface area contributed by atoms with Crippen molar-refractivity contribution < 1.29 is 13.2 Å². The second-order valence-corrected chi connectivity index (χ2v) is 13.1. The molecular formula is C21H30N2O3S2. The molecule has 1 aromatic carbocycles. The Kier molecular flexibility index (Phi) is 5.30. The highest BCUT2D eigenvalue weighted by Gasteiger charge is 2.52. The van der Waals surface area contributed by atoms with Gasteiger partial charge in [0.25, 0.3) is 0 Å². The van der Waals surface area contributed by atoms with Gasteiger partial charge in [0.05, 0.1) is 10.1 Å². The summed E-state index contributed by atoms with van der Waals surface area (Å²) in [5.74, 6) is 2.55. The summed E-state index contributed by atoms with van der Waals surface area (Å²) in [5.41, 5.74) is 0.533. The molecule has 4 saturated carbocycles. The molecule has 0 aromatic heterocycles. The maximum absolute atomic E-state index is 12.8. The van der Waals surface area contributed by atoms with Gasteiger partial charge in [0.15, 0.2) is 0 Å². The summed E-state index contributed by atoms with van der Waals surface area (Å²) < 4.78 is 26.1. The number of nitrogens with zero attached hydrogens (tertiary/aromatic N) is 1. The third-order valence-electron chi connectivity index (χ3n) is 6.66. The van der Waals surface area contributed by atoms with Crippen molar-refractivity contribution in [2.45, 2.75) is 60.3 Å². The van der Waals surface area contributed by atoms with Gasteiger partial charge in [-0.3, -0.25) is 4.79 Å². The van der Waals surface area contributed by atoms with Crippen LogP contribution in [-0.4, -0.2) is 42.7 Å². The number of carbonyl (C=O) groups excluding carboxylic acids is 1. The molecule has 0 radical (unpaired) electrons. The van der Waals surface area contributed by atoms with Crippen LogP contribution in [0.1, 0.15) is 45.4 Å². The number of hydrogen-bond acceptors (Lipinski definition) is 4. The Hall–Kier alpha value is -1.05. The maximum Gasteiger partial charge on any atom is 0.242 e. The number of amides is 1. The first-order valence-electron chi connectivity index (χ1n) is 10.2. The van der Waals surface area contributed by atoms with E-state index in [0.717, 1.165) is 17.8 Å². The molecule has 0 aliphatic heterocycles. The molecule has 0 unspecified atom stereocenters. The first kappa shape index (κ1) is 20.2. The fourth-order valence-corrected chi connectivity index (χ4v) is 8.65. The third-order valence-corrected chi connectivity index (χ3v) is 10.0. The summed E-state index contributed by atoms with van der Waals surface area (Å²) >= 11 is 1.86. The van der Waals surface area contributed by atoms with Crippen molar-refractivity contribution in [3.63, 3.8) is 0 Å². The Labute approximate surface area is 172 Å². The molecule has 7 heteroatoms. The first-order chi connectivity index (χ1) is 13.2. The van der Waals surface area contributed by atoms with E-state index in [1.165, 1.54) is 63.0 Å². The Morgan fingerprint density at radius 1 is 1.14 bits per heavy atom. The van der Waals surface area contributed by atoms with Crippen LogP contribution in [0.2, 0.25) is 0 Å². The standard InChI is InChI=1S/C21H30N2O3S2/c1-14(27-21-11-15-7-16(12-21)9-17(8-15)13-21)20(24)22-18-5-4-6-19(10-18)28(25,26)23(2)3/h4-6,10,14-17H,7-9,11-13H2,1-3H3,(H,22,24)/t14-,15?,16?,17?,21?/m0/s1. The second kappa shape index (κ2) is 7.33. The Morgan fingerprint density at radius 3 is 2.25 bits per heavy atom. The normalized spacial score (nSPS) is 32.5. The molecule has 0 saturated heterocycles. The fourth-order valence-electron chi connectivity index (χ4n) is 5.79. The topological polar surface area (TPSA) is 66.5 Å². The van der Waals surface area contributed by atoms with Crippen molar-refractivity contribution in [3.8, 4) is 0 Å². The minimum atomic E-state index is -3.51. The van der Waals surface area contributed by atoms with E-state index in [9.17, 15) is 13.2 Å². The van der Waals surface area contributed by atoms with Gasteiger partial charge in [-0.15, -0.1) is 11.8 Å². The van der Waals surface area contributed by atoms with Crippen molar-refractivity contribution in [1.82, 2.24) is 4.31 Å². The van der Waals surface area contributed by atoms with Crippen molar-refractivity contribution in [2.24, 2.45) is 17.8 Å². The number of nitrogens with one attached hydrogen (secondary N) is 1. The predicted molar refractivity (Wildman–Crippen MR) is 114 cm³/mol. The van der Waals surface area contributed by atoms with E-state index in [1.807, 2.05) is 18.7 Å². The molecule has 4 aliphatic carbocycles. The lowest BCUT2D eigenvalue weighted by molar-refractivity contribution is -0.115. The van der Waals surface area contributed by atoms with Crippen LogP contribution in [0.15, 0.2) is 29.2 Å². The lowest BCUT2D eigenvalue weighted by atomic mass is 9.56. The minimum absolute atomic E-state index is 0.0415. The quantitative estimate of drug-likeness (QED) is 0.753. The molecule has 4 aliphatic rings. The average Bonchev–Trinajstić information content (AvgIpc) is 2.60. The summed E-state index contributed by atoms with van der Waals surface area (Å²) in [7, 11) is -0.505. The largest absolute Gasteiger partial charge is 0.325 e. The lowest BCUT2D eigenvalue weighted by Gasteiger charge is -2.57. The van der Waals surface area contributed by atoms with Gasteiger partial charge in [-0.1, -0.05) is 6.07 Å². The van der Waals surface area contributed by atoms with Crippen LogP contribution in [0.3, 0.4) is 0 Å². The van der Waals surface area contributed by atoms with E-state index in [0.29, 0.717) is 5.69 Å².